The van der Waals surface area contributed by atoms with Gasteiger partial charge in [-0.2, -0.15) is 0 Å². The molecule has 1 atom stereocenters. The molecule has 23 heavy (non-hydrogen) atoms. The SMILES string of the molecule is CN=C1Nc2ccc(Cl)cc2C(c2ccccc2)=N[C@H]1C(C)C. The maximum atomic E-state index is 6.24. The lowest BCUT2D eigenvalue weighted by Crippen LogP contribution is -2.30. The first-order chi connectivity index (χ1) is 11.1. The van der Waals surface area contributed by atoms with Crippen LogP contribution in [-0.2, 0) is 0 Å². The molecular weight excluding hydrogens is 306 g/mol. The Morgan fingerprint density at radius 2 is 1.87 bits per heavy atom. The number of nitrogens with zero attached hydrogens (tertiary/aromatic N) is 2. The van der Waals surface area contributed by atoms with E-state index in [0.29, 0.717) is 10.9 Å². The van der Waals surface area contributed by atoms with Crippen molar-refractivity contribution in [1.29, 1.82) is 0 Å². The van der Waals surface area contributed by atoms with Crippen LogP contribution in [0.15, 0.2) is 58.5 Å². The van der Waals surface area contributed by atoms with Gasteiger partial charge in [0, 0.05) is 28.9 Å². The first-order valence-electron chi connectivity index (χ1n) is 7.77. The minimum Gasteiger partial charge on any atom is -0.342 e. The van der Waals surface area contributed by atoms with Gasteiger partial charge < -0.3 is 5.32 Å². The number of fused-ring (bicyclic) bond motifs is 1. The van der Waals surface area contributed by atoms with E-state index in [-0.39, 0.29) is 6.04 Å². The van der Waals surface area contributed by atoms with Gasteiger partial charge in [-0.1, -0.05) is 55.8 Å². The van der Waals surface area contributed by atoms with E-state index in [1.807, 2.05) is 36.4 Å². The zero-order chi connectivity index (χ0) is 16.4. The first kappa shape index (κ1) is 15.8. The van der Waals surface area contributed by atoms with Gasteiger partial charge in [-0.15, -0.1) is 0 Å². The second-order valence-electron chi connectivity index (χ2n) is 5.96. The van der Waals surface area contributed by atoms with Crippen LogP contribution < -0.4 is 5.32 Å². The van der Waals surface area contributed by atoms with E-state index in [1.54, 1.807) is 7.05 Å². The zero-order valence-corrected chi connectivity index (χ0v) is 14.3. The number of aliphatic imine (C=N–C) groups is 2. The Morgan fingerprint density at radius 1 is 1.13 bits per heavy atom. The van der Waals surface area contributed by atoms with Crippen molar-refractivity contribution < 1.29 is 0 Å². The highest BCUT2D eigenvalue weighted by molar-refractivity contribution is 6.32. The predicted octanol–water partition coefficient (Wildman–Crippen LogP) is 4.66. The van der Waals surface area contributed by atoms with Crippen LogP contribution in [0.25, 0.3) is 0 Å². The van der Waals surface area contributed by atoms with Crippen LogP contribution >= 0.6 is 11.6 Å². The Bertz CT molecular complexity index is 763. The van der Waals surface area contributed by atoms with Gasteiger partial charge in [0.25, 0.3) is 0 Å². The maximum absolute atomic E-state index is 6.24. The van der Waals surface area contributed by atoms with Crippen LogP contribution in [-0.4, -0.2) is 24.6 Å². The molecule has 1 N–H and O–H groups in total. The summed E-state index contributed by atoms with van der Waals surface area (Å²) in [6.45, 7) is 4.32. The summed E-state index contributed by atoms with van der Waals surface area (Å²) in [4.78, 5) is 9.47. The summed E-state index contributed by atoms with van der Waals surface area (Å²) >= 11 is 6.24. The van der Waals surface area contributed by atoms with Gasteiger partial charge in [0.05, 0.1) is 5.71 Å². The van der Waals surface area contributed by atoms with Crippen LogP contribution in [0.1, 0.15) is 25.0 Å². The summed E-state index contributed by atoms with van der Waals surface area (Å²) < 4.78 is 0. The van der Waals surface area contributed by atoms with Gasteiger partial charge in [-0.25, -0.2) is 0 Å². The van der Waals surface area contributed by atoms with Crippen molar-refractivity contribution in [1.82, 2.24) is 0 Å². The summed E-state index contributed by atoms with van der Waals surface area (Å²) in [7, 11) is 1.80. The predicted molar refractivity (Wildman–Crippen MR) is 99.1 cm³/mol. The van der Waals surface area contributed by atoms with E-state index in [4.69, 9.17) is 16.6 Å². The number of benzodiazepines with no additional fused rings is 1. The molecule has 0 aliphatic carbocycles. The van der Waals surface area contributed by atoms with Crippen LogP contribution in [0.2, 0.25) is 5.02 Å². The number of benzene rings is 2. The van der Waals surface area contributed by atoms with E-state index in [0.717, 1.165) is 28.4 Å². The van der Waals surface area contributed by atoms with Gasteiger partial charge in [0.2, 0.25) is 0 Å². The molecule has 0 saturated heterocycles. The lowest BCUT2D eigenvalue weighted by Gasteiger charge is -2.18. The quantitative estimate of drug-likeness (QED) is 0.856. The molecule has 3 nitrogen and oxygen atoms in total. The van der Waals surface area contributed by atoms with Gasteiger partial charge >= 0.3 is 0 Å². The van der Waals surface area contributed by atoms with Crippen molar-refractivity contribution in [3.05, 3.63) is 64.7 Å². The fourth-order valence-corrected chi connectivity index (χ4v) is 2.95. The third kappa shape index (κ3) is 3.15. The van der Waals surface area contributed by atoms with Crippen molar-refractivity contribution >= 4 is 28.8 Å². The van der Waals surface area contributed by atoms with Crippen molar-refractivity contribution in [3.63, 3.8) is 0 Å². The summed E-state index contributed by atoms with van der Waals surface area (Å²) in [5, 5.41) is 4.15. The van der Waals surface area contributed by atoms with E-state index >= 15 is 0 Å². The molecular formula is C19H20ClN3. The fourth-order valence-electron chi connectivity index (χ4n) is 2.78. The standard InChI is InChI=1S/C19H20ClN3/c1-12(2)17-19(21-3)22-16-10-9-14(20)11-15(16)18(23-17)13-7-5-4-6-8-13/h4-12,17H,1-3H3,(H,21,22)/t17-/m0/s1. The summed E-state index contributed by atoms with van der Waals surface area (Å²) in [6.07, 6.45) is 0. The van der Waals surface area contributed by atoms with Gasteiger partial charge in [-0.3, -0.25) is 9.98 Å². The van der Waals surface area contributed by atoms with E-state index in [2.05, 4.69) is 36.3 Å². The van der Waals surface area contributed by atoms with Crippen LogP contribution in [0.3, 0.4) is 0 Å². The van der Waals surface area contributed by atoms with Crippen molar-refractivity contribution in [2.45, 2.75) is 19.9 Å². The zero-order valence-electron chi connectivity index (χ0n) is 13.5. The van der Waals surface area contributed by atoms with E-state index in [1.165, 1.54) is 0 Å². The van der Waals surface area contributed by atoms with Gasteiger partial charge in [0.15, 0.2) is 0 Å². The number of hydrogen-bond donors (Lipinski definition) is 1. The lowest BCUT2D eigenvalue weighted by molar-refractivity contribution is 0.597. The van der Waals surface area contributed by atoms with Crippen LogP contribution in [0, 0.1) is 5.92 Å². The molecule has 0 unspecified atom stereocenters. The number of halogens is 1. The number of hydrogen-bond acceptors (Lipinski definition) is 2. The summed E-state index contributed by atoms with van der Waals surface area (Å²) in [5.41, 5.74) is 4.03. The molecule has 1 heterocycles. The number of amidine groups is 1. The molecule has 0 aromatic heterocycles. The minimum atomic E-state index is -0.0126. The minimum absolute atomic E-state index is 0.0126. The molecule has 3 rings (SSSR count). The van der Waals surface area contributed by atoms with Crippen LogP contribution in [0.5, 0.6) is 0 Å². The molecule has 1 aliphatic heterocycles. The molecule has 118 valence electrons. The third-order valence-electron chi connectivity index (χ3n) is 3.97. The summed E-state index contributed by atoms with van der Waals surface area (Å²) in [6, 6.07) is 16.1. The molecule has 0 saturated carbocycles. The summed E-state index contributed by atoms with van der Waals surface area (Å²) in [5.74, 6) is 1.22. The third-order valence-corrected chi connectivity index (χ3v) is 4.20. The van der Waals surface area contributed by atoms with Crippen LogP contribution in [0.4, 0.5) is 5.69 Å². The average molecular weight is 326 g/mol. The Hall–Kier alpha value is -2.13. The van der Waals surface area contributed by atoms with Gasteiger partial charge in [0.1, 0.15) is 11.9 Å². The Kier molecular flexibility index (Phi) is 4.49. The van der Waals surface area contributed by atoms with Crippen molar-refractivity contribution in [2.24, 2.45) is 15.9 Å². The molecule has 2 aromatic rings. The fraction of sp³-hybridized carbons (Fsp3) is 0.263. The topological polar surface area (TPSA) is 36.8 Å². The molecule has 0 amide bonds. The Labute approximate surface area is 142 Å². The normalized spacial score (nSPS) is 19.1. The number of rotatable bonds is 2. The first-order valence-corrected chi connectivity index (χ1v) is 8.14. The number of nitrogens with one attached hydrogen (secondary N) is 1. The molecule has 1 aliphatic rings. The van der Waals surface area contributed by atoms with Crippen molar-refractivity contribution in [3.8, 4) is 0 Å². The average Bonchev–Trinajstić information content (AvgIpc) is 2.72. The van der Waals surface area contributed by atoms with E-state index in [9.17, 15) is 0 Å². The highest BCUT2D eigenvalue weighted by atomic mass is 35.5. The van der Waals surface area contributed by atoms with E-state index < -0.39 is 0 Å². The van der Waals surface area contributed by atoms with Crippen molar-refractivity contribution in [2.75, 3.05) is 12.4 Å². The molecule has 4 heteroatoms. The molecule has 0 radical (unpaired) electrons. The second kappa shape index (κ2) is 6.55. The highest BCUT2D eigenvalue weighted by Crippen LogP contribution is 2.28. The largest absolute Gasteiger partial charge is 0.342 e. The Morgan fingerprint density at radius 3 is 2.52 bits per heavy atom. The smallest absolute Gasteiger partial charge is 0.126 e. The lowest BCUT2D eigenvalue weighted by atomic mass is 10.00. The maximum Gasteiger partial charge on any atom is 0.126 e. The Balaban J connectivity index is 2.25. The second-order valence-corrected chi connectivity index (χ2v) is 6.39. The molecule has 2 aromatic carbocycles. The molecule has 0 fully saturated rings. The number of anilines is 1. The molecule has 0 spiro atoms. The molecule has 0 bridgehead atoms. The monoisotopic (exact) mass is 325 g/mol. The van der Waals surface area contributed by atoms with Gasteiger partial charge in [-0.05, 0) is 24.1 Å². The highest BCUT2D eigenvalue weighted by Gasteiger charge is 2.26.